The Hall–Kier alpha value is -2.64. The summed E-state index contributed by atoms with van der Waals surface area (Å²) in [7, 11) is 0. The van der Waals surface area contributed by atoms with Crippen LogP contribution in [-0.2, 0) is 13.0 Å². The number of rotatable bonds is 6. The van der Waals surface area contributed by atoms with Gasteiger partial charge in [0.2, 0.25) is 0 Å². The quantitative estimate of drug-likeness (QED) is 0.644. The number of aryl methyl sites for hydroxylation is 2. The van der Waals surface area contributed by atoms with Crippen LogP contribution in [0.4, 0.5) is 0 Å². The van der Waals surface area contributed by atoms with Crippen molar-refractivity contribution in [2.24, 2.45) is 0 Å². The Morgan fingerprint density at radius 1 is 1.03 bits per heavy atom. The fourth-order valence-corrected chi connectivity index (χ4v) is 4.76. The predicted octanol–water partition coefficient (Wildman–Crippen LogP) is 2.18. The van der Waals surface area contributed by atoms with E-state index in [0.717, 1.165) is 44.0 Å². The maximum atomic E-state index is 4.48. The van der Waals surface area contributed by atoms with E-state index in [4.69, 9.17) is 0 Å². The molecule has 0 spiro atoms. The second-order valence-corrected chi connectivity index (χ2v) is 8.01. The maximum absolute atomic E-state index is 4.48. The summed E-state index contributed by atoms with van der Waals surface area (Å²) in [6.07, 6.45) is 7.30. The minimum absolute atomic E-state index is 0.0391. The molecule has 3 aromatic rings. The lowest BCUT2D eigenvalue weighted by Crippen LogP contribution is -2.51. The Bertz CT molecular complexity index is 911. The molecule has 7 nitrogen and oxygen atoms in total. The number of pyridine rings is 1. The molecule has 5 rings (SSSR count). The van der Waals surface area contributed by atoms with E-state index in [2.05, 4.69) is 60.6 Å². The molecule has 2 fully saturated rings. The fraction of sp³-hybridized carbons (Fsp3) is 0.455. The zero-order valence-corrected chi connectivity index (χ0v) is 16.6. The topological polar surface area (TPSA) is 63.0 Å². The summed E-state index contributed by atoms with van der Waals surface area (Å²) in [5, 5.41) is 12.9. The van der Waals surface area contributed by atoms with Gasteiger partial charge in [0.05, 0.1) is 6.04 Å². The largest absolute Gasteiger partial charge is 0.298 e. The van der Waals surface area contributed by atoms with Crippen LogP contribution < -0.4 is 0 Å². The summed E-state index contributed by atoms with van der Waals surface area (Å²) in [4.78, 5) is 9.57. The van der Waals surface area contributed by atoms with E-state index >= 15 is 0 Å². The van der Waals surface area contributed by atoms with Crippen LogP contribution in [0, 0.1) is 0 Å². The molecule has 2 aliphatic rings. The highest BCUT2D eigenvalue weighted by atomic mass is 15.6. The molecule has 2 aromatic heterocycles. The van der Waals surface area contributed by atoms with Crippen molar-refractivity contribution in [1.82, 2.24) is 35.0 Å². The average Bonchev–Trinajstić information content (AvgIpc) is 3.43. The zero-order valence-electron chi connectivity index (χ0n) is 16.6. The number of piperazine rings is 1. The van der Waals surface area contributed by atoms with Crippen LogP contribution >= 0.6 is 0 Å². The number of hydrogen-bond acceptors (Lipinski definition) is 6. The molecule has 7 heteroatoms. The predicted molar refractivity (Wildman–Crippen MR) is 110 cm³/mol. The minimum Gasteiger partial charge on any atom is -0.298 e. The molecule has 2 atom stereocenters. The molecule has 150 valence electrons. The van der Waals surface area contributed by atoms with Gasteiger partial charge in [-0.1, -0.05) is 36.4 Å². The summed E-state index contributed by atoms with van der Waals surface area (Å²) in [6.45, 7) is 5.22. The Balaban J connectivity index is 1.42. The van der Waals surface area contributed by atoms with E-state index < -0.39 is 0 Å². The highest BCUT2D eigenvalue weighted by Crippen LogP contribution is 2.31. The van der Waals surface area contributed by atoms with E-state index in [1.165, 1.54) is 24.9 Å². The van der Waals surface area contributed by atoms with E-state index in [1.54, 1.807) is 0 Å². The van der Waals surface area contributed by atoms with Gasteiger partial charge in [-0.05, 0) is 53.4 Å². The molecule has 2 saturated heterocycles. The fourth-order valence-electron chi connectivity index (χ4n) is 4.76. The van der Waals surface area contributed by atoms with Crippen LogP contribution in [0.25, 0.3) is 0 Å². The van der Waals surface area contributed by atoms with Crippen molar-refractivity contribution in [3.05, 3.63) is 71.8 Å². The monoisotopic (exact) mass is 389 g/mol. The summed E-state index contributed by atoms with van der Waals surface area (Å²) in [5.41, 5.74) is 2.46. The molecule has 0 amide bonds. The van der Waals surface area contributed by atoms with Crippen LogP contribution in [0.2, 0.25) is 0 Å². The number of hydrogen-bond donors (Lipinski definition) is 0. The van der Waals surface area contributed by atoms with Crippen molar-refractivity contribution >= 4 is 0 Å². The normalized spacial score (nSPS) is 21.2. The van der Waals surface area contributed by atoms with Crippen molar-refractivity contribution in [3.8, 4) is 0 Å². The van der Waals surface area contributed by atoms with E-state index in [-0.39, 0.29) is 6.04 Å². The highest BCUT2D eigenvalue weighted by Gasteiger charge is 2.36. The van der Waals surface area contributed by atoms with Gasteiger partial charge in [-0.3, -0.25) is 14.8 Å². The van der Waals surface area contributed by atoms with Gasteiger partial charge in [0.25, 0.3) is 0 Å². The van der Waals surface area contributed by atoms with E-state index in [1.807, 2.05) is 29.2 Å². The molecule has 4 heterocycles. The second kappa shape index (κ2) is 8.39. The van der Waals surface area contributed by atoms with Crippen LogP contribution in [0.15, 0.2) is 54.9 Å². The molecular weight excluding hydrogens is 362 g/mol. The third kappa shape index (κ3) is 3.93. The number of tetrazole rings is 1. The number of aromatic nitrogens is 5. The molecule has 0 radical (unpaired) electrons. The van der Waals surface area contributed by atoms with Gasteiger partial charge < -0.3 is 0 Å². The molecule has 0 N–H and O–H groups in total. The summed E-state index contributed by atoms with van der Waals surface area (Å²) in [6, 6.07) is 15.4. The SMILES string of the molecule is c1ccc(CCn2nnnc2[C@@H](c2cccnc2)N2CCN3CCC[C@@H]3C2)cc1. The van der Waals surface area contributed by atoms with Gasteiger partial charge in [0.15, 0.2) is 5.82 Å². The lowest BCUT2D eigenvalue weighted by molar-refractivity contribution is 0.0791. The number of nitrogens with zero attached hydrogens (tertiary/aromatic N) is 7. The molecular formula is C22H27N7. The Kier molecular flexibility index (Phi) is 5.32. The smallest absolute Gasteiger partial charge is 0.173 e. The average molecular weight is 390 g/mol. The van der Waals surface area contributed by atoms with Crippen molar-refractivity contribution in [2.45, 2.75) is 37.9 Å². The van der Waals surface area contributed by atoms with Crippen LogP contribution in [-0.4, -0.2) is 67.2 Å². The highest BCUT2D eigenvalue weighted by molar-refractivity contribution is 5.22. The van der Waals surface area contributed by atoms with Crippen molar-refractivity contribution in [1.29, 1.82) is 0 Å². The third-order valence-electron chi connectivity index (χ3n) is 6.24. The summed E-state index contributed by atoms with van der Waals surface area (Å²) in [5.74, 6) is 0.917. The molecule has 29 heavy (non-hydrogen) atoms. The van der Waals surface area contributed by atoms with Crippen LogP contribution in [0.3, 0.4) is 0 Å². The summed E-state index contributed by atoms with van der Waals surface area (Å²) < 4.78 is 1.98. The van der Waals surface area contributed by atoms with Gasteiger partial charge in [-0.15, -0.1) is 5.10 Å². The summed E-state index contributed by atoms with van der Waals surface area (Å²) >= 11 is 0. The number of benzene rings is 1. The molecule has 0 bridgehead atoms. The van der Waals surface area contributed by atoms with E-state index in [9.17, 15) is 0 Å². The van der Waals surface area contributed by atoms with Crippen LogP contribution in [0.5, 0.6) is 0 Å². The van der Waals surface area contributed by atoms with Crippen molar-refractivity contribution < 1.29 is 0 Å². The Morgan fingerprint density at radius 2 is 1.97 bits per heavy atom. The standard InChI is InChI=1S/C22H27N7/c1-2-6-18(7-3-1)10-13-29-22(24-25-26-29)21(19-8-4-11-23-16-19)28-15-14-27-12-5-9-20(27)17-28/h1-4,6-8,11,16,20-21H,5,9-10,12-15,17H2/t20-,21-/m1/s1. The third-order valence-corrected chi connectivity index (χ3v) is 6.24. The lowest BCUT2D eigenvalue weighted by atomic mass is 10.0. The van der Waals surface area contributed by atoms with Crippen molar-refractivity contribution in [3.63, 3.8) is 0 Å². The zero-order chi connectivity index (χ0) is 19.5. The Morgan fingerprint density at radius 3 is 2.83 bits per heavy atom. The molecule has 1 aromatic carbocycles. The molecule has 0 unspecified atom stereocenters. The molecule has 2 aliphatic heterocycles. The first-order valence-electron chi connectivity index (χ1n) is 10.6. The molecule has 0 aliphatic carbocycles. The lowest BCUT2D eigenvalue weighted by Gasteiger charge is -2.41. The van der Waals surface area contributed by atoms with Crippen molar-refractivity contribution in [2.75, 3.05) is 26.2 Å². The first kappa shape index (κ1) is 18.4. The van der Waals surface area contributed by atoms with Gasteiger partial charge in [0, 0.05) is 44.6 Å². The van der Waals surface area contributed by atoms with Crippen LogP contribution in [0.1, 0.15) is 35.8 Å². The van der Waals surface area contributed by atoms with Gasteiger partial charge >= 0.3 is 0 Å². The van der Waals surface area contributed by atoms with Gasteiger partial charge in [-0.25, -0.2) is 4.68 Å². The maximum Gasteiger partial charge on any atom is 0.173 e. The van der Waals surface area contributed by atoms with Gasteiger partial charge in [-0.2, -0.15) is 0 Å². The first-order chi connectivity index (χ1) is 14.4. The van der Waals surface area contributed by atoms with Gasteiger partial charge in [0.1, 0.15) is 0 Å². The second-order valence-electron chi connectivity index (χ2n) is 8.01. The Labute approximate surface area is 171 Å². The number of fused-ring (bicyclic) bond motifs is 1. The minimum atomic E-state index is 0.0391. The molecule has 0 saturated carbocycles. The van der Waals surface area contributed by atoms with E-state index in [0.29, 0.717) is 6.04 Å². The first-order valence-corrected chi connectivity index (χ1v) is 10.6.